The molecule has 0 aliphatic heterocycles. The Kier molecular flexibility index (Phi) is 4.17. The summed E-state index contributed by atoms with van der Waals surface area (Å²) in [5.41, 5.74) is 1.31. The summed E-state index contributed by atoms with van der Waals surface area (Å²) in [5.74, 6) is 1.10. The van der Waals surface area contributed by atoms with Gasteiger partial charge >= 0.3 is 0 Å². The van der Waals surface area contributed by atoms with E-state index < -0.39 is 0 Å². The van der Waals surface area contributed by atoms with E-state index in [2.05, 4.69) is 61.7 Å². The number of benzene rings is 1. The topological polar surface area (TPSA) is 29.9 Å². The SMILES string of the molecule is CNC(Cc1nccn1C)c1cccc(I)c1. The number of imidazole rings is 1. The Hall–Kier alpha value is -0.880. The molecule has 0 saturated heterocycles. The Morgan fingerprint density at radius 3 is 2.88 bits per heavy atom. The van der Waals surface area contributed by atoms with Crippen LogP contribution in [0.2, 0.25) is 0 Å². The van der Waals surface area contributed by atoms with Crippen molar-refractivity contribution in [3.8, 4) is 0 Å². The maximum atomic E-state index is 4.37. The summed E-state index contributed by atoms with van der Waals surface area (Å²) in [6.45, 7) is 0. The van der Waals surface area contributed by atoms with E-state index in [1.54, 1.807) is 0 Å². The van der Waals surface area contributed by atoms with Gasteiger partial charge in [-0.15, -0.1) is 0 Å². The molecule has 1 N–H and O–H groups in total. The second-order valence-electron chi connectivity index (χ2n) is 4.05. The molecule has 3 nitrogen and oxygen atoms in total. The van der Waals surface area contributed by atoms with Crippen molar-refractivity contribution < 1.29 is 0 Å². The Bertz CT molecular complexity index is 493. The molecule has 1 unspecified atom stereocenters. The van der Waals surface area contributed by atoms with Crippen LogP contribution in [-0.2, 0) is 13.5 Å². The van der Waals surface area contributed by atoms with Crippen molar-refractivity contribution in [2.24, 2.45) is 7.05 Å². The van der Waals surface area contributed by atoms with Crippen molar-refractivity contribution in [2.45, 2.75) is 12.5 Å². The second kappa shape index (κ2) is 5.64. The third kappa shape index (κ3) is 3.07. The third-order valence-electron chi connectivity index (χ3n) is 2.91. The van der Waals surface area contributed by atoms with Gasteiger partial charge in [-0.2, -0.15) is 0 Å². The number of aryl methyl sites for hydroxylation is 1. The molecule has 0 fully saturated rings. The predicted molar refractivity (Wildman–Crippen MR) is 77.9 cm³/mol. The molecule has 1 aromatic carbocycles. The van der Waals surface area contributed by atoms with Gasteiger partial charge in [0.05, 0.1) is 0 Å². The largest absolute Gasteiger partial charge is 0.338 e. The minimum Gasteiger partial charge on any atom is -0.338 e. The first kappa shape index (κ1) is 12.6. The molecule has 2 rings (SSSR count). The molecule has 4 heteroatoms. The van der Waals surface area contributed by atoms with E-state index in [4.69, 9.17) is 0 Å². The van der Waals surface area contributed by atoms with Gasteiger partial charge in [-0.25, -0.2) is 4.98 Å². The fourth-order valence-electron chi connectivity index (χ4n) is 1.89. The molecule has 0 aliphatic rings. The number of rotatable bonds is 4. The summed E-state index contributed by atoms with van der Waals surface area (Å²) in [6, 6.07) is 8.89. The van der Waals surface area contributed by atoms with Gasteiger partial charge in [-0.1, -0.05) is 12.1 Å². The number of hydrogen-bond acceptors (Lipinski definition) is 2. The molecule has 90 valence electrons. The third-order valence-corrected chi connectivity index (χ3v) is 3.58. The highest BCUT2D eigenvalue weighted by molar-refractivity contribution is 14.1. The molecular formula is C13H16IN3. The molecule has 0 aliphatic carbocycles. The fraction of sp³-hybridized carbons (Fsp3) is 0.308. The van der Waals surface area contributed by atoms with Gasteiger partial charge < -0.3 is 9.88 Å². The Morgan fingerprint density at radius 1 is 1.47 bits per heavy atom. The first-order valence-corrected chi connectivity index (χ1v) is 6.67. The quantitative estimate of drug-likeness (QED) is 0.867. The van der Waals surface area contributed by atoms with Crippen molar-refractivity contribution in [1.29, 1.82) is 0 Å². The van der Waals surface area contributed by atoms with E-state index in [-0.39, 0.29) is 0 Å². The molecule has 1 heterocycles. The van der Waals surface area contributed by atoms with Gasteiger partial charge in [0.1, 0.15) is 5.82 Å². The van der Waals surface area contributed by atoms with Crippen LogP contribution in [0.5, 0.6) is 0 Å². The summed E-state index contributed by atoms with van der Waals surface area (Å²) >= 11 is 2.34. The Labute approximate surface area is 115 Å². The van der Waals surface area contributed by atoms with Crippen LogP contribution in [0.3, 0.4) is 0 Å². The number of halogens is 1. The van der Waals surface area contributed by atoms with Crippen LogP contribution >= 0.6 is 22.6 Å². The number of nitrogens with one attached hydrogen (secondary N) is 1. The highest BCUT2D eigenvalue weighted by Gasteiger charge is 2.12. The van der Waals surface area contributed by atoms with Crippen LogP contribution in [0.15, 0.2) is 36.7 Å². The van der Waals surface area contributed by atoms with Crippen molar-refractivity contribution in [3.05, 3.63) is 51.6 Å². The molecule has 0 saturated carbocycles. The van der Waals surface area contributed by atoms with Crippen LogP contribution in [-0.4, -0.2) is 16.6 Å². The van der Waals surface area contributed by atoms with Crippen LogP contribution in [0.1, 0.15) is 17.4 Å². The van der Waals surface area contributed by atoms with Crippen molar-refractivity contribution in [3.63, 3.8) is 0 Å². The van der Waals surface area contributed by atoms with E-state index >= 15 is 0 Å². The second-order valence-corrected chi connectivity index (χ2v) is 5.30. The number of hydrogen-bond donors (Lipinski definition) is 1. The molecule has 2 aromatic rings. The van der Waals surface area contributed by atoms with Crippen molar-refractivity contribution in [1.82, 2.24) is 14.9 Å². The minimum absolute atomic E-state index is 0.311. The Balaban J connectivity index is 2.20. The van der Waals surface area contributed by atoms with Gasteiger partial charge in [0, 0.05) is 35.5 Å². The first-order chi connectivity index (χ1) is 8.20. The van der Waals surface area contributed by atoms with E-state index in [9.17, 15) is 0 Å². The number of likely N-dealkylation sites (N-methyl/N-ethyl adjacent to an activating group) is 1. The average molecular weight is 341 g/mol. The highest BCUT2D eigenvalue weighted by Crippen LogP contribution is 2.19. The summed E-state index contributed by atoms with van der Waals surface area (Å²) in [5, 5.41) is 3.35. The predicted octanol–water partition coefficient (Wildman–Crippen LogP) is 2.53. The standard InChI is InChI=1S/C13H16IN3/c1-15-12(9-13-16-6-7-17(13)2)10-4-3-5-11(14)8-10/h3-8,12,15H,9H2,1-2H3. The van der Waals surface area contributed by atoms with Gasteiger partial charge in [0.25, 0.3) is 0 Å². The molecule has 1 atom stereocenters. The van der Waals surface area contributed by atoms with Gasteiger partial charge in [-0.3, -0.25) is 0 Å². The summed E-state index contributed by atoms with van der Waals surface area (Å²) in [6.07, 6.45) is 4.73. The zero-order valence-corrected chi connectivity index (χ0v) is 12.2. The molecule has 1 aromatic heterocycles. The van der Waals surface area contributed by atoms with Gasteiger partial charge in [-0.05, 0) is 47.3 Å². The number of nitrogens with zero attached hydrogens (tertiary/aromatic N) is 2. The molecule has 0 bridgehead atoms. The monoisotopic (exact) mass is 341 g/mol. The lowest BCUT2D eigenvalue weighted by atomic mass is 10.0. The summed E-state index contributed by atoms with van der Waals surface area (Å²) in [4.78, 5) is 4.37. The van der Waals surface area contributed by atoms with E-state index in [1.807, 2.05) is 26.5 Å². The Morgan fingerprint density at radius 2 is 2.29 bits per heavy atom. The normalized spacial score (nSPS) is 12.6. The maximum Gasteiger partial charge on any atom is 0.110 e. The lowest BCUT2D eigenvalue weighted by Gasteiger charge is -2.16. The van der Waals surface area contributed by atoms with Crippen LogP contribution in [0, 0.1) is 3.57 Å². The zero-order chi connectivity index (χ0) is 12.3. The lowest BCUT2D eigenvalue weighted by molar-refractivity contribution is 0.563. The highest BCUT2D eigenvalue weighted by atomic mass is 127. The van der Waals surface area contributed by atoms with E-state index in [1.165, 1.54) is 9.13 Å². The maximum absolute atomic E-state index is 4.37. The van der Waals surface area contributed by atoms with Crippen LogP contribution in [0.4, 0.5) is 0 Å². The first-order valence-electron chi connectivity index (χ1n) is 5.59. The molecular weight excluding hydrogens is 325 g/mol. The summed E-state index contributed by atoms with van der Waals surface area (Å²) in [7, 11) is 4.03. The van der Waals surface area contributed by atoms with Crippen molar-refractivity contribution >= 4 is 22.6 Å². The fourth-order valence-corrected chi connectivity index (χ4v) is 2.45. The molecule has 17 heavy (non-hydrogen) atoms. The van der Waals surface area contributed by atoms with Crippen LogP contribution in [0.25, 0.3) is 0 Å². The average Bonchev–Trinajstić information content (AvgIpc) is 2.71. The van der Waals surface area contributed by atoms with Gasteiger partial charge in [0.2, 0.25) is 0 Å². The molecule has 0 radical (unpaired) electrons. The zero-order valence-electron chi connectivity index (χ0n) is 10.0. The minimum atomic E-state index is 0.311. The van der Waals surface area contributed by atoms with Crippen molar-refractivity contribution in [2.75, 3.05) is 7.05 Å². The smallest absolute Gasteiger partial charge is 0.110 e. The van der Waals surface area contributed by atoms with Gasteiger partial charge in [0.15, 0.2) is 0 Å². The molecule has 0 amide bonds. The lowest BCUT2D eigenvalue weighted by Crippen LogP contribution is -2.20. The summed E-state index contributed by atoms with van der Waals surface area (Å²) < 4.78 is 3.33. The van der Waals surface area contributed by atoms with E-state index in [0.717, 1.165) is 12.2 Å². The van der Waals surface area contributed by atoms with E-state index in [0.29, 0.717) is 6.04 Å². The number of aromatic nitrogens is 2. The van der Waals surface area contributed by atoms with Crippen LogP contribution < -0.4 is 5.32 Å². The molecule has 0 spiro atoms.